The third-order valence-corrected chi connectivity index (χ3v) is 6.71. The van der Waals surface area contributed by atoms with Crippen LogP contribution in [-0.2, 0) is 36.6 Å². The zero-order chi connectivity index (χ0) is 20.7. The van der Waals surface area contributed by atoms with Crippen molar-refractivity contribution >= 4 is 16.0 Å². The van der Waals surface area contributed by atoms with Gasteiger partial charge in [0, 0.05) is 19.6 Å². The van der Waals surface area contributed by atoms with Crippen molar-refractivity contribution in [2.75, 3.05) is 33.4 Å². The first-order valence-electron chi connectivity index (χ1n) is 9.50. The Kier molecular flexibility index (Phi) is 7.38. The van der Waals surface area contributed by atoms with Gasteiger partial charge >= 0.3 is 5.97 Å². The van der Waals surface area contributed by atoms with Crippen molar-refractivity contribution in [2.45, 2.75) is 18.3 Å². The van der Waals surface area contributed by atoms with Gasteiger partial charge in [-0.05, 0) is 16.7 Å². The Morgan fingerprint density at radius 2 is 1.69 bits per heavy atom. The summed E-state index contributed by atoms with van der Waals surface area (Å²) in [7, 11) is -2.09. The van der Waals surface area contributed by atoms with E-state index in [1.807, 2.05) is 54.6 Å². The second-order valence-corrected chi connectivity index (χ2v) is 8.75. The van der Waals surface area contributed by atoms with Crippen molar-refractivity contribution in [2.24, 2.45) is 0 Å². The molecule has 1 heterocycles. The lowest BCUT2D eigenvalue weighted by Crippen LogP contribution is -2.41. The van der Waals surface area contributed by atoms with E-state index in [1.54, 1.807) is 0 Å². The minimum atomic E-state index is -3.44. The van der Waals surface area contributed by atoms with E-state index in [0.717, 1.165) is 11.1 Å². The molecule has 156 valence electrons. The van der Waals surface area contributed by atoms with Crippen molar-refractivity contribution in [1.82, 2.24) is 9.62 Å². The summed E-state index contributed by atoms with van der Waals surface area (Å²) in [5, 5.41) is 3.21. The van der Waals surface area contributed by atoms with Crippen LogP contribution in [0.15, 0.2) is 54.6 Å². The third kappa shape index (κ3) is 5.63. The number of esters is 1. The van der Waals surface area contributed by atoms with Gasteiger partial charge in [-0.3, -0.25) is 5.32 Å². The molecule has 8 heteroatoms. The number of sulfonamides is 1. The summed E-state index contributed by atoms with van der Waals surface area (Å²) in [5.41, 5.74) is 2.33. The van der Waals surface area contributed by atoms with Gasteiger partial charge in [0.2, 0.25) is 10.0 Å². The van der Waals surface area contributed by atoms with E-state index in [0.29, 0.717) is 38.4 Å². The van der Waals surface area contributed by atoms with Gasteiger partial charge in [-0.2, -0.15) is 4.31 Å². The summed E-state index contributed by atoms with van der Waals surface area (Å²) < 4.78 is 37.2. The monoisotopic (exact) mass is 418 g/mol. The second kappa shape index (κ2) is 9.98. The number of nitrogens with one attached hydrogen (secondary N) is 1. The van der Waals surface area contributed by atoms with Gasteiger partial charge < -0.3 is 9.47 Å². The summed E-state index contributed by atoms with van der Waals surface area (Å²) in [6, 6.07) is 16.0. The normalized spacial score (nSPS) is 16.3. The Bertz CT molecular complexity index is 912. The summed E-state index contributed by atoms with van der Waals surface area (Å²) in [5.74, 6) is -0.478. The van der Waals surface area contributed by atoms with E-state index in [-0.39, 0.29) is 5.75 Å². The van der Waals surface area contributed by atoms with Crippen LogP contribution in [-0.4, -0.2) is 52.1 Å². The maximum absolute atomic E-state index is 12.8. The van der Waals surface area contributed by atoms with Gasteiger partial charge in [-0.15, -0.1) is 0 Å². The zero-order valence-electron chi connectivity index (χ0n) is 16.4. The Morgan fingerprint density at radius 3 is 2.34 bits per heavy atom. The standard InChI is InChI=1S/C21H26N2O5S/c1-27-21(24)20(17-7-3-2-4-8-17)22-15-18-9-5-6-10-19(18)16-29(25,26)23-11-13-28-14-12-23/h2-10,20,22H,11-16H2,1H3/t20-/m1/s1. The van der Waals surface area contributed by atoms with Crippen LogP contribution in [0.3, 0.4) is 0 Å². The minimum absolute atomic E-state index is 0.0842. The molecule has 2 aromatic carbocycles. The Labute approximate surface area is 171 Å². The fraction of sp³-hybridized carbons (Fsp3) is 0.381. The van der Waals surface area contributed by atoms with Crippen LogP contribution in [0.5, 0.6) is 0 Å². The number of hydrogen-bond acceptors (Lipinski definition) is 6. The van der Waals surface area contributed by atoms with Crippen molar-refractivity contribution in [1.29, 1.82) is 0 Å². The SMILES string of the molecule is COC(=O)[C@H](NCc1ccccc1CS(=O)(=O)N1CCOCC1)c1ccccc1. The summed E-state index contributed by atoms with van der Waals surface area (Å²) in [6.07, 6.45) is 0. The summed E-state index contributed by atoms with van der Waals surface area (Å²) >= 11 is 0. The van der Waals surface area contributed by atoms with E-state index in [9.17, 15) is 13.2 Å². The number of rotatable bonds is 8. The molecule has 3 rings (SSSR count). The van der Waals surface area contributed by atoms with Crippen LogP contribution in [0.1, 0.15) is 22.7 Å². The van der Waals surface area contributed by atoms with E-state index in [2.05, 4.69) is 5.32 Å². The number of methoxy groups -OCH3 is 1. The Balaban J connectivity index is 1.75. The average Bonchev–Trinajstić information content (AvgIpc) is 2.76. The van der Waals surface area contributed by atoms with Gasteiger partial charge in [0.25, 0.3) is 0 Å². The molecule has 1 atom stereocenters. The highest BCUT2D eigenvalue weighted by Crippen LogP contribution is 2.19. The van der Waals surface area contributed by atoms with Crippen LogP contribution in [0.25, 0.3) is 0 Å². The highest BCUT2D eigenvalue weighted by atomic mass is 32.2. The molecule has 1 aliphatic rings. The number of carbonyl (C=O) groups is 1. The molecule has 0 aliphatic carbocycles. The molecule has 7 nitrogen and oxygen atoms in total. The van der Waals surface area contributed by atoms with Crippen LogP contribution in [0, 0.1) is 0 Å². The van der Waals surface area contributed by atoms with Gasteiger partial charge in [0.15, 0.2) is 0 Å². The molecule has 29 heavy (non-hydrogen) atoms. The summed E-state index contributed by atoms with van der Waals surface area (Å²) in [6.45, 7) is 1.92. The van der Waals surface area contributed by atoms with Crippen LogP contribution >= 0.6 is 0 Å². The van der Waals surface area contributed by atoms with Crippen LogP contribution in [0.4, 0.5) is 0 Å². The highest BCUT2D eigenvalue weighted by Gasteiger charge is 2.26. The number of ether oxygens (including phenoxy) is 2. The quantitative estimate of drug-likeness (QED) is 0.659. The number of nitrogens with zero attached hydrogens (tertiary/aromatic N) is 1. The topological polar surface area (TPSA) is 84.9 Å². The molecule has 1 N–H and O–H groups in total. The molecule has 1 aliphatic heterocycles. The number of carbonyl (C=O) groups excluding carboxylic acids is 1. The molecule has 1 fully saturated rings. The number of benzene rings is 2. The van der Waals surface area contributed by atoms with Crippen molar-refractivity contribution < 1.29 is 22.7 Å². The first-order valence-corrected chi connectivity index (χ1v) is 11.1. The molecule has 0 bridgehead atoms. The molecular formula is C21H26N2O5S. The van der Waals surface area contributed by atoms with Gasteiger partial charge in [0.05, 0.1) is 26.1 Å². The van der Waals surface area contributed by atoms with Gasteiger partial charge in [-0.25, -0.2) is 13.2 Å². The number of morpholine rings is 1. The van der Waals surface area contributed by atoms with Crippen molar-refractivity contribution in [3.8, 4) is 0 Å². The lowest BCUT2D eigenvalue weighted by Gasteiger charge is -2.26. The molecule has 0 amide bonds. The predicted octanol–water partition coefficient (Wildman–Crippen LogP) is 1.85. The van der Waals surface area contributed by atoms with E-state index in [4.69, 9.17) is 9.47 Å². The fourth-order valence-electron chi connectivity index (χ4n) is 3.30. The number of hydrogen-bond donors (Lipinski definition) is 1. The van der Waals surface area contributed by atoms with Crippen LogP contribution < -0.4 is 5.32 Å². The van der Waals surface area contributed by atoms with Crippen molar-refractivity contribution in [3.05, 3.63) is 71.3 Å². The Morgan fingerprint density at radius 1 is 1.07 bits per heavy atom. The van der Waals surface area contributed by atoms with Gasteiger partial charge in [0.1, 0.15) is 6.04 Å². The first kappa shape index (κ1) is 21.4. The predicted molar refractivity (Wildman–Crippen MR) is 109 cm³/mol. The maximum Gasteiger partial charge on any atom is 0.327 e. The Hall–Kier alpha value is -2.26. The minimum Gasteiger partial charge on any atom is -0.468 e. The highest BCUT2D eigenvalue weighted by molar-refractivity contribution is 7.88. The molecule has 0 radical (unpaired) electrons. The van der Waals surface area contributed by atoms with Crippen molar-refractivity contribution in [3.63, 3.8) is 0 Å². The molecule has 0 saturated carbocycles. The molecule has 0 aromatic heterocycles. The molecule has 0 unspecified atom stereocenters. The molecular weight excluding hydrogens is 392 g/mol. The largest absolute Gasteiger partial charge is 0.468 e. The molecule has 2 aromatic rings. The maximum atomic E-state index is 12.8. The third-order valence-electron chi connectivity index (χ3n) is 4.89. The first-order chi connectivity index (χ1) is 14.0. The average molecular weight is 419 g/mol. The molecule has 1 saturated heterocycles. The fourth-order valence-corrected chi connectivity index (χ4v) is 4.86. The lowest BCUT2D eigenvalue weighted by atomic mass is 10.1. The lowest BCUT2D eigenvalue weighted by molar-refractivity contribution is -0.143. The van der Waals surface area contributed by atoms with Gasteiger partial charge in [-0.1, -0.05) is 54.6 Å². The van der Waals surface area contributed by atoms with E-state index >= 15 is 0 Å². The second-order valence-electron chi connectivity index (χ2n) is 6.78. The summed E-state index contributed by atoms with van der Waals surface area (Å²) in [4.78, 5) is 12.3. The van der Waals surface area contributed by atoms with Crippen LogP contribution in [0.2, 0.25) is 0 Å². The zero-order valence-corrected chi connectivity index (χ0v) is 17.2. The smallest absolute Gasteiger partial charge is 0.327 e. The van der Waals surface area contributed by atoms with E-state index in [1.165, 1.54) is 11.4 Å². The van der Waals surface area contributed by atoms with E-state index < -0.39 is 22.0 Å². The molecule has 0 spiro atoms.